The molecule has 1 amide bonds. The number of H-pyrrole nitrogens is 1. The van der Waals surface area contributed by atoms with Crippen LogP contribution in [0.25, 0.3) is 11.0 Å². The van der Waals surface area contributed by atoms with Gasteiger partial charge in [-0.25, -0.2) is 4.79 Å². The van der Waals surface area contributed by atoms with E-state index in [1.165, 1.54) is 0 Å². The number of imidazole rings is 1. The van der Waals surface area contributed by atoms with Gasteiger partial charge in [-0.2, -0.15) is 0 Å². The van der Waals surface area contributed by atoms with Crippen molar-refractivity contribution in [2.45, 2.75) is 57.0 Å². The molecule has 2 fully saturated rings. The second-order valence-corrected chi connectivity index (χ2v) is 12.4. The first-order chi connectivity index (χ1) is 23.0. The summed E-state index contributed by atoms with van der Waals surface area (Å²) in [5.74, 6) is -0.170. The first-order valence-corrected chi connectivity index (χ1v) is 16.2. The van der Waals surface area contributed by atoms with Crippen molar-refractivity contribution in [3.8, 4) is 0 Å². The normalized spacial score (nSPS) is 20.7. The molecule has 10 heteroatoms. The number of piperidine rings is 1. The van der Waals surface area contributed by atoms with Crippen LogP contribution in [-0.4, -0.2) is 56.2 Å². The number of nitrogens with zero attached hydrogens (tertiary/aromatic N) is 3. The van der Waals surface area contributed by atoms with Crippen molar-refractivity contribution >= 4 is 16.9 Å². The molecule has 0 radical (unpaired) electrons. The molecular weight excluding hydrogens is 594 g/mol. The monoisotopic (exact) mass is 633 g/mol. The highest BCUT2D eigenvalue weighted by Crippen LogP contribution is 2.38. The molecule has 0 bridgehead atoms. The van der Waals surface area contributed by atoms with Gasteiger partial charge in [0.25, 0.3) is 5.91 Å². The number of aromatic amines is 1. The van der Waals surface area contributed by atoms with Crippen LogP contribution in [0.5, 0.6) is 0 Å². The highest BCUT2D eigenvalue weighted by atomic mass is 16.7. The zero-order chi connectivity index (χ0) is 32.2. The van der Waals surface area contributed by atoms with Crippen molar-refractivity contribution in [3.05, 3.63) is 136 Å². The Balaban J connectivity index is 1.02. The fourth-order valence-electron chi connectivity index (χ4n) is 6.69. The van der Waals surface area contributed by atoms with Gasteiger partial charge in [0.05, 0.1) is 35.4 Å². The summed E-state index contributed by atoms with van der Waals surface area (Å²) in [5.41, 5.74) is 6.10. The second kappa shape index (κ2) is 14.0. The Labute approximate surface area is 273 Å². The molecule has 2 aromatic heterocycles. The Kier molecular flexibility index (Phi) is 9.25. The molecule has 7 rings (SSSR count). The number of carbonyl (C=O) groups excluding carboxylic acids is 1. The molecule has 242 valence electrons. The van der Waals surface area contributed by atoms with Crippen molar-refractivity contribution < 1.29 is 19.4 Å². The van der Waals surface area contributed by atoms with Crippen LogP contribution in [0.4, 0.5) is 0 Å². The number of nitrogens with one attached hydrogen (secondary N) is 2. The minimum Gasteiger partial charge on any atom is -0.392 e. The first kappa shape index (κ1) is 31.0. The maximum absolute atomic E-state index is 12.8. The number of pyridine rings is 1. The Bertz CT molecular complexity index is 1850. The lowest BCUT2D eigenvalue weighted by Crippen LogP contribution is -2.43. The number of benzene rings is 3. The predicted molar refractivity (Wildman–Crippen MR) is 178 cm³/mol. The second-order valence-electron chi connectivity index (χ2n) is 12.4. The number of hydrogen-bond donors (Lipinski definition) is 3. The summed E-state index contributed by atoms with van der Waals surface area (Å²) in [4.78, 5) is 34.7. The Morgan fingerprint density at radius 2 is 1.66 bits per heavy atom. The van der Waals surface area contributed by atoms with E-state index in [1.54, 1.807) is 24.5 Å². The predicted octanol–water partition coefficient (Wildman–Crippen LogP) is 5.03. The van der Waals surface area contributed by atoms with Gasteiger partial charge < -0.3 is 29.8 Å². The Morgan fingerprint density at radius 1 is 0.915 bits per heavy atom. The van der Waals surface area contributed by atoms with Gasteiger partial charge in [-0.3, -0.25) is 14.3 Å². The maximum Gasteiger partial charge on any atom is 0.326 e. The molecule has 3 N–H and O–H groups in total. The van der Waals surface area contributed by atoms with E-state index in [4.69, 9.17) is 9.47 Å². The SMILES string of the molecule is O=C(NCc1ccc([C@@H]2O[C@H](CN3CCC(n4c(=O)[nH]c5ccccc54)CC3)C[C@H](c3ccc(CO)cc3)O2)cc1)c1cccnc1. The largest absolute Gasteiger partial charge is 0.392 e. The van der Waals surface area contributed by atoms with E-state index >= 15 is 0 Å². The molecule has 4 heterocycles. The summed E-state index contributed by atoms with van der Waals surface area (Å²) < 4.78 is 15.1. The molecule has 0 aliphatic carbocycles. The van der Waals surface area contributed by atoms with Crippen molar-refractivity contribution in [2.24, 2.45) is 0 Å². The molecule has 2 aliphatic rings. The van der Waals surface area contributed by atoms with Gasteiger partial charge in [0.15, 0.2) is 6.29 Å². The number of aliphatic hydroxyl groups is 1. The number of ether oxygens (including phenoxy) is 2. The summed E-state index contributed by atoms with van der Waals surface area (Å²) >= 11 is 0. The van der Waals surface area contributed by atoms with Gasteiger partial charge in [-0.05, 0) is 53.8 Å². The molecule has 0 spiro atoms. The van der Waals surface area contributed by atoms with Crippen LogP contribution >= 0.6 is 0 Å². The average molecular weight is 634 g/mol. The van der Waals surface area contributed by atoms with Gasteiger partial charge >= 0.3 is 5.69 Å². The third-order valence-corrected chi connectivity index (χ3v) is 9.25. The van der Waals surface area contributed by atoms with Crippen LogP contribution < -0.4 is 11.0 Å². The number of aromatic nitrogens is 3. The quantitative estimate of drug-likeness (QED) is 0.208. The summed E-state index contributed by atoms with van der Waals surface area (Å²) in [5, 5.41) is 12.5. The highest BCUT2D eigenvalue weighted by Gasteiger charge is 2.34. The third kappa shape index (κ3) is 7.06. The Morgan fingerprint density at radius 3 is 2.40 bits per heavy atom. The smallest absolute Gasteiger partial charge is 0.326 e. The highest BCUT2D eigenvalue weighted by molar-refractivity contribution is 5.93. The van der Waals surface area contributed by atoms with Crippen molar-refractivity contribution in [1.82, 2.24) is 24.8 Å². The van der Waals surface area contributed by atoms with Gasteiger partial charge in [0.1, 0.15) is 0 Å². The summed E-state index contributed by atoms with van der Waals surface area (Å²) in [6, 6.07) is 27.4. The van der Waals surface area contributed by atoms with Crippen LogP contribution in [0, 0.1) is 0 Å². The number of aliphatic hydroxyl groups excluding tert-OH is 1. The van der Waals surface area contributed by atoms with Crippen molar-refractivity contribution in [1.29, 1.82) is 0 Å². The molecule has 2 saturated heterocycles. The lowest BCUT2D eigenvalue weighted by atomic mass is 9.98. The van der Waals surface area contributed by atoms with Crippen molar-refractivity contribution in [3.63, 3.8) is 0 Å². The topological polar surface area (TPSA) is 122 Å². The average Bonchev–Trinajstić information content (AvgIpc) is 3.47. The summed E-state index contributed by atoms with van der Waals surface area (Å²) in [7, 11) is 0. The molecule has 2 aliphatic heterocycles. The Hall–Kier alpha value is -4.61. The molecule has 47 heavy (non-hydrogen) atoms. The minimum atomic E-state index is -0.558. The number of carbonyl (C=O) groups is 1. The van der Waals surface area contributed by atoms with E-state index in [2.05, 4.69) is 20.2 Å². The van der Waals surface area contributed by atoms with E-state index in [9.17, 15) is 14.7 Å². The molecule has 10 nitrogen and oxygen atoms in total. The third-order valence-electron chi connectivity index (χ3n) is 9.25. The summed E-state index contributed by atoms with van der Waals surface area (Å²) in [6.07, 6.45) is 4.87. The van der Waals surface area contributed by atoms with Gasteiger partial charge in [0.2, 0.25) is 0 Å². The van der Waals surface area contributed by atoms with E-state index < -0.39 is 6.29 Å². The number of para-hydroxylation sites is 2. The number of fused-ring (bicyclic) bond motifs is 1. The molecular formula is C37H39N5O5. The van der Waals surface area contributed by atoms with Crippen LogP contribution in [0.3, 0.4) is 0 Å². The fourth-order valence-corrected chi connectivity index (χ4v) is 6.69. The number of hydrogen-bond acceptors (Lipinski definition) is 7. The molecule has 5 aromatic rings. The van der Waals surface area contributed by atoms with Crippen LogP contribution in [-0.2, 0) is 22.6 Å². The van der Waals surface area contributed by atoms with Crippen molar-refractivity contribution in [2.75, 3.05) is 19.6 Å². The number of likely N-dealkylation sites (tertiary alicyclic amines) is 1. The molecule has 3 atom stereocenters. The lowest BCUT2D eigenvalue weighted by Gasteiger charge is -2.40. The molecule has 3 aromatic carbocycles. The van der Waals surface area contributed by atoms with Crippen LogP contribution in [0.2, 0.25) is 0 Å². The van der Waals surface area contributed by atoms with E-state index in [0.29, 0.717) is 18.5 Å². The van der Waals surface area contributed by atoms with E-state index in [0.717, 1.165) is 65.8 Å². The first-order valence-electron chi connectivity index (χ1n) is 16.2. The zero-order valence-corrected chi connectivity index (χ0v) is 26.1. The maximum atomic E-state index is 12.8. The lowest BCUT2D eigenvalue weighted by molar-refractivity contribution is -0.253. The van der Waals surface area contributed by atoms with E-state index in [1.807, 2.05) is 77.4 Å². The zero-order valence-electron chi connectivity index (χ0n) is 26.1. The van der Waals surface area contributed by atoms with E-state index in [-0.39, 0.29) is 36.5 Å². The molecule has 0 unspecified atom stereocenters. The van der Waals surface area contributed by atoms with Gasteiger partial charge in [-0.1, -0.05) is 60.7 Å². The number of rotatable bonds is 9. The number of amides is 1. The minimum absolute atomic E-state index is 0.00413. The fraction of sp³-hybridized carbons (Fsp3) is 0.324. The molecule has 0 saturated carbocycles. The summed E-state index contributed by atoms with van der Waals surface area (Å²) in [6.45, 7) is 2.90. The van der Waals surface area contributed by atoms with Gasteiger partial charge in [-0.15, -0.1) is 0 Å². The van der Waals surface area contributed by atoms with Crippen LogP contribution in [0.1, 0.15) is 70.3 Å². The standard InChI is InChI=1S/C37H39N5O5/c43-24-26-9-11-27(12-10-26)34-20-31(23-41-18-15-30(16-19-41)42-33-6-2-1-5-32(33)40-37(42)45)46-36(47-34)28-13-7-25(8-14-28)21-39-35(44)29-4-3-17-38-22-29/h1-14,17,22,30-31,34,36,43H,15-16,18-21,23-24H2,(H,39,44)(H,40,45)/t31-,34+,36+/m0/s1. The van der Waals surface area contributed by atoms with Crippen LogP contribution in [0.15, 0.2) is 102 Å². The van der Waals surface area contributed by atoms with Gasteiger partial charge in [0, 0.05) is 56.6 Å².